The number of nitrogens with two attached hydrogens (primary N) is 1. The molecule has 7 heteroatoms. The van der Waals surface area contributed by atoms with Crippen molar-refractivity contribution in [3.8, 4) is 0 Å². The van der Waals surface area contributed by atoms with E-state index in [0.29, 0.717) is 22.3 Å². The third-order valence-corrected chi connectivity index (χ3v) is 2.98. The maximum absolute atomic E-state index is 11.7. The maximum atomic E-state index is 11.7. The molecule has 1 rings (SSSR count). The summed E-state index contributed by atoms with van der Waals surface area (Å²) in [4.78, 5) is 22.5. The molecule has 1 aromatic rings. The van der Waals surface area contributed by atoms with E-state index in [2.05, 4.69) is 5.32 Å². The molecule has 0 aliphatic heterocycles. The highest BCUT2D eigenvalue weighted by atomic mass is 35.5. The van der Waals surface area contributed by atoms with E-state index in [0.717, 1.165) is 0 Å². The number of carbonyl (C=O) groups is 2. The highest BCUT2D eigenvalue weighted by Gasteiger charge is 2.18. The zero-order chi connectivity index (χ0) is 14.4. The first-order chi connectivity index (χ1) is 8.93. The van der Waals surface area contributed by atoms with Gasteiger partial charge in [0.25, 0.3) is 0 Å². The topological polar surface area (TPSA) is 85.8 Å². The predicted octanol–water partition coefficient (Wildman–Crippen LogP) is 0.0238. The van der Waals surface area contributed by atoms with Crippen molar-refractivity contribution in [3.63, 3.8) is 0 Å². The number of amides is 1. The Morgan fingerprint density at radius 1 is 1.42 bits per heavy atom. The van der Waals surface area contributed by atoms with Crippen molar-refractivity contribution in [2.45, 2.75) is 19.4 Å². The summed E-state index contributed by atoms with van der Waals surface area (Å²) >= 11 is 11.6. The Kier molecular flexibility index (Phi) is 6.08. The van der Waals surface area contributed by atoms with Crippen LogP contribution in [0.4, 0.5) is 5.69 Å². The van der Waals surface area contributed by atoms with Gasteiger partial charge in [0.05, 0.1) is 29.6 Å². The van der Waals surface area contributed by atoms with E-state index >= 15 is 0 Å². The van der Waals surface area contributed by atoms with Gasteiger partial charge in [0, 0.05) is 5.02 Å². The van der Waals surface area contributed by atoms with Crippen LogP contribution < -0.4 is 15.7 Å². The van der Waals surface area contributed by atoms with Crippen LogP contribution in [0.1, 0.15) is 13.3 Å². The van der Waals surface area contributed by atoms with Crippen molar-refractivity contribution >= 4 is 40.8 Å². The SMILES string of the molecule is CC[NH2+][C@@H](CC(=O)Nc1ccc(Cl)cc1Cl)C(=O)[O-]. The molecular formula is C12H14Cl2N2O3. The van der Waals surface area contributed by atoms with Crippen molar-refractivity contribution in [2.24, 2.45) is 0 Å². The van der Waals surface area contributed by atoms with E-state index in [1.807, 2.05) is 0 Å². The molecule has 0 radical (unpaired) electrons. The minimum atomic E-state index is -1.26. The van der Waals surface area contributed by atoms with Gasteiger partial charge in [-0.1, -0.05) is 23.2 Å². The Hall–Kier alpha value is -1.30. The lowest BCUT2D eigenvalue weighted by Gasteiger charge is -2.15. The average molecular weight is 305 g/mol. The van der Waals surface area contributed by atoms with Crippen LogP contribution in [0.15, 0.2) is 18.2 Å². The van der Waals surface area contributed by atoms with E-state index < -0.39 is 17.9 Å². The first kappa shape index (κ1) is 15.8. The van der Waals surface area contributed by atoms with Gasteiger partial charge in [-0.25, -0.2) is 0 Å². The number of hydrogen-bond donors (Lipinski definition) is 2. The number of nitrogens with one attached hydrogen (secondary N) is 1. The number of likely N-dealkylation sites (N-methyl/N-ethyl adjacent to an activating group) is 1. The maximum Gasteiger partial charge on any atom is 0.230 e. The first-order valence-electron chi connectivity index (χ1n) is 5.73. The lowest BCUT2D eigenvalue weighted by Crippen LogP contribution is -2.93. The summed E-state index contributed by atoms with van der Waals surface area (Å²) in [6, 6.07) is 3.72. The molecule has 1 atom stereocenters. The van der Waals surface area contributed by atoms with Gasteiger partial charge >= 0.3 is 0 Å². The molecule has 0 aliphatic carbocycles. The Balaban J connectivity index is 2.66. The van der Waals surface area contributed by atoms with Gasteiger partial charge < -0.3 is 20.5 Å². The molecular weight excluding hydrogens is 291 g/mol. The zero-order valence-corrected chi connectivity index (χ0v) is 11.8. The number of quaternary nitrogens is 1. The Morgan fingerprint density at radius 3 is 2.63 bits per heavy atom. The van der Waals surface area contributed by atoms with Crippen LogP contribution in [0.25, 0.3) is 0 Å². The van der Waals surface area contributed by atoms with E-state index in [1.54, 1.807) is 19.1 Å². The fourth-order valence-corrected chi connectivity index (χ4v) is 1.99. The molecule has 5 nitrogen and oxygen atoms in total. The lowest BCUT2D eigenvalue weighted by molar-refractivity contribution is -0.679. The molecule has 0 unspecified atom stereocenters. The summed E-state index contributed by atoms with van der Waals surface area (Å²) in [5.74, 6) is -1.71. The number of benzene rings is 1. The molecule has 0 aromatic heterocycles. The second-order valence-corrected chi connectivity index (χ2v) is 4.79. The number of aliphatic carboxylic acids is 1. The Labute approximate surface area is 120 Å². The molecule has 19 heavy (non-hydrogen) atoms. The van der Waals surface area contributed by atoms with Crippen molar-refractivity contribution < 1.29 is 20.0 Å². The van der Waals surface area contributed by atoms with Crippen LogP contribution in [0, 0.1) is 0 Å². The van der Waals surface area contributed by atoms with Crippen molar-refractivity contribution in [1.29, 1.82) is 0 Å². The van der Waals surface area contributed by atoms with Gasteiger partial charge in [-0.2, -0.15) is 0 Å². The van der Waals surface area contributed by atoms with Gasteiger partial charge in [-0.05, 0) is 25.1 Å². The van der Waals surface area contributed by atoms with Gasteiger partial charge in [0.15, 0.2) is 0 Å². The lowest BCUT2D eigenvalue weighted by atomic mass is 10.2. The number of hydrogen-bond acceptors (Lipinski definition) is 3. The molecule has 3 N–H and O–H groups in total. The zero-order valence-electron chi connectivity index (χ0n) is 10.3. The van der Waals surface area contributed by atoms with E-state index in [1.165, 1.54) is 11.4 Å². The standard InChI is InChI=1S/C12H14Cl2N2O3/c1-2-15-10(12(18)19)6-11(17)16-9-4-3-7(13)5-8(9)14/h3-5,10,15H,2,6H2,1H3,(H,16,17)(H,18,19)/t10-/m0/s1. The quantitative estimate of drug-likeness (QED) is 0.777. The third kappa shape index (κ3) is 5.06. The van der Waals surface area contributed by atoms with Gasteiger partial charge in [0.2, 0.25) is 5.91 Å². The number of carboxylic acids is 1. The molecule has 1 amide bonds. The predicted molar refractivity (Wildman–Crippen MR) is 71.0 cm³/mol. The number of halogens is 2. The van der Waals surface area contributed by atoms with Gasteiger partial charge in [-0.15, -0.1) is 0 Å². The molecule has 104 valence electrons. The van der Waals surface area contributed by atoms with Crippen molar-refractivity contribution in [3.05, 3.63) is 28.2 Å². The molecule has 0 fully saturated rings. The third-order valence-electron chi connectivity index (χ3n) is 2.43. The number of rotatable bonds is 6. The molecule has 0 heterocycles. The fourth-order valence-electron chi connectivity index (χ4n) is 1.54. The molecule has 0 spiro atoms. The van der Waals surface area contributed by atoms with Crippen LogP contribution in [0.5, 0.6) is 0 Å². The van der Waals surface area contributed by atoms with Crippen molar-refractivity contribution in [2.75, 3.05) is 11.9 Å². The van der Waals surface area contributed by atoms with Crippen LogP contribution in [0.2, 0.25) is 10.0 Å². The largest absolute Gasteiger partial charge is 0.544 e. The summed E-state index contributed by atoms with van der Waals surface area (Å²) in [5, 5.41) is 15.6. The summed E-state index contributed by atoms with van der Waals surface area (Å²) in [6.45, 7) is 2.34. The Morgan fingerprint density at radius 2 is 2.11 bits per heavy atom. The first-order valence-corrected chi connectivity index (χ1v) is 6.48. The second kappa shape index (κ2) is 7.33. The Bertz CT molecular complexity index is 480. The van der Waals surface area contributed by atoms with Gasteiger partial charge in [0.1, 0.15) is 6.04 Å². The van der Waals surface area contributed by atoms with Crippen LogP contribution >= 0.6 is 23.2 Å². The monoisotopic (exact) mass is 304 g/mol. The minimum Gasteiger partial charge on any atom is -0.544 e. The van der Waals surface area contributed by atoms with Crippen LogP contribution in [-0.4, -0.2) is 24.5 Å². The van der Waals surface area contributed by atoms with Crippen LogP contribution in [0.3, 0.4) is 0 Å². The number of carbonyl (C=O) groups excluding carboxylic acids is 2. The second-order valence-electron chi connectivity index (χ2n) is 3.95. The van der Waals surface area contributed by atoms with E-state index in [9.17, 15) is 14.7 Å². The van der Waals surface area contributed by atoms with Gasteiger partial charge in [-0.3, -0.25) is 4.79 Å². The summed E-state index contributed by atoms with van der Waals surface area (Å²) in [6.07, 6.45) is -0.185. The fraction of sp³-hybridized carbons (Fsp3) is 0.333. The van der Waals surface area contributed by atoms with Crippen molar-refractivity contribution in [1.82, 2.24) is 0 Å². The molecule has 1 aromatic carbocycles. The highest BCUT2D eigenvalue weighted by molar-refractivity contribution is 6.36. The summed E-state index contributed by atoms with van der Waals surface area (Å²) in [5.41, 5.74) is 0.393. The van der Waals surface area contributed by atoms with E-state index in [-0.39, 0.29) is 6.42 Å². The summed E-state index contributed by atoms with van der Waals surface area (Å²) < 4.78 is 0. The molecule has 0 bridgehead atoms. The highest BCUT2D eigenvalue weighted by Crippen LogP contribution is 2.25. The average Bonchev–Trinajstić information content (AvgIpc) is 2.32. The van der Waals surface area contributed by atoms with E-state index in [4.69, 9.17) is 23.2 Å². The molecule has 0 saturated carbocycles. The normalized spacial score (nSPS) is 11.9. The smallest absolute Gasteiger partial charge is 0.230 e. The summed E-state index contributed by atoms with van der Waals surface area (Å²) in [7, 11) is 0. The number of anilines is 1. The number of carboxylic acid groups (broad SMARTS) is 1. The molecule has 0 saturated heterocycles. The molecule has 0 aliphatic rings. The van der Waals surface area contributed by atoms with Crippen LogP contribution in [-0.2, 0) is 9.59 Å². The minimum absolute atomic E-state index is 0.185.